The third-order valence-electron chi connectivity index (χ3n) is 7.95. The highest BCUT2D eigenvalue weighted by molar-refractivity contribution is 6.30. The molecule has 192 valence electrons. The molecule has 36 heavy (non-hydrogen) atoms. The fraction of sp³-hybridized carbons (Fsp3) is 0.519. The van der Waals surface area contributed by atoms with E-state index in [4.69, 9.17) is 16.3 Å². The van der Waals surface area contributed by atoms with E-state index in [9.17, 15) is 19.5 Å². The van der Waals surface area contributed by atoms with E-state index < -0.39 is 29.1 Å². The molecule has 0 aliphatic carbocycles. The summed E-state index contributed by atoms with van der Waals surface area (Å²) in [4.78, 5) is 46.8. The van der Waals surface area contributed by atoms with Gasteiger partial charge in [-0.15, -0.1) is 0 Å². The number of hydrogen-bond acceptors (Lipinski definition) is 5. The second-order valence-corrected chi connectivity index (χ2v) is 10.7. The number of amides is 3. The number of carbonyl (C=O) groups is 3. The monoisotopic (exact) mass is 513 g/mol. The van der Waals surface area contributed by atoms with Crippen molar-refractivity contribution in [3.63, 3.8) is 0 Å². The molecule has 1 N–H and O–H groups in total. The van der Waals surface area contributed by atoms with E-state index in [-0.39, 0.29) is 24.3 Å². The van der Waals surface area contributed by atoms with Gasteiger partial charge in [0.05, 0.1) is 17.4 Å². The molecule has 0 radical (unpaired) electrons. The predicted octanol–water partition coefficient (Wildman–Crippen LogP) is 2.40. The lowest BCUT2D eigenvalue weighted by Gasteiger charge is -2.37. The average Bonchev–Trinajstić information content (AvgIpc) is 3.12. The molecule has 0 aromatic heterocycles. The zero-order chi connectivity index (χ0) is 25.7. The van der Waals surface area contributed by atoms with Crippen LogP contribution in [0.3, 0.4) is 0 Å². The van der Waals surface area contributed by atoms with E-state index in [0.29, 0.717) is 43.2 Å². The van der Waals surface area contributed by atoms with Gasteiger partial charge in [0.2, 0.25) is 11.8 Å². The van der Waals surface area contributed by atoms with Crippen molar-refractivity contribution in [2.24, 2.45) is 11.8 Å². The summed E-state index contributed by atoms with van der Waals surface area (Å²) < 4.78 is 6.76. The number of aliphatic hydroxyl groups excluding tert-OH is 1. The Labute approximate surface area is 216 Å². The molecule has 9 heteroatoms. The lowest BCUT2D eigenvalue weighted by molar-refractivity contribution is -0.148. The Hall–Kier alpha value is -2.68. The van der Waals surface area contributed by atoms with Gasteiger partial charge < -0.3 is 24.5 Å². The summed E-state index contributed by atoms with van der Waals surface area (Å²) in [5.41, 5.74) is -1.59. The summed E-state index contributed by atoms with van der Waals surface area (Å²) >= 11 is 6.08. The lowest BCUT2D eigenvalue weighted by atomic mass is 9.74. The van der Waals surface area contributed by atoms with Crippen LogP contribution in [-0.2, 0) is 19.1 Å². The second kappa shape index (κ2) is 9.32. The van der Waals surface area contributed by atoms with Gasteiger partial charge in [-0.05, 0) is 50.5 Å². The van der Waals surface area contributed by atoms with E-state index in [1.807, 2.05) is 31.2 Å². The molecule has 0 bridgehead atoms. The van der Waals surface area contributed by atoms with Crippen molar-refractivity contribution in [2.45, 2.75) is 43.4 Å². The van der Waals surface area contributed by atoms with Gasteiger partial charge in [-0.3, -0.25) is 14.4 Å². The third kappa shape index (κ3) is 3.78. The van der Waals surface area contributed by atoms with Gasteiger partial charge in [0, 0.05) is 44.0 Å². The number of ether oxygens (including phenoxy) is 1. The lowest BCUT2D eigenvalue weighted by Crippen LogP contribution is -2.56. The maximum atomic E-state index is 14.2. The Morgan fingerprint density at radius 1 is 0.972 bits per heavy atom. The van der Waals surface area contributed by atoms with Gasteiger partial charge in [-0.1, -0.05) is 35.9 Å². The maximum absolute atomic E-state index is 14.2. The van der Waals surface area contributed by atoms with E-state index in [2.05, 4.69) is 0 Å². The number of halogens is 1. The van der Waals surface area contributed by atoms with Crippen LogP contribution < -0.4 is 4.90 Å². The second-order valence-electron chi connectivity index (χ2n) is 10.3. The largest absolute Gasteiger partial charge is 0.396 e. The van der Waals surface area contributed by atoms with Gasteiger partial charge in [0.25, 0.3) is 5.91 Å². The molecule has 3 amide bonds. The molecule has 0 saturated carbocycles. The minimum Gasteiger partial charge on any atom is -0.396 e. The van der Waals surface area contributed by atoms with Crippen LogP contribution in [0.4, 0.5) is 5.69 Å². The Morgan fingerprint density at radius 3 is 2.42 bits per heavy atom. The Morgan fingerprint density at radius 2 is 1.69 bits per heavy atom. The minimum atomic E-state index is -1.26. The maximum Gasteiger partial charge on any atom is 0.253 e. The molecule has 2 saturated heterocycles. The summed E-state index contributed by atoms with van der Waals surface area (Å²) in [6.45, 7) is 3.02. The van der Waals surface area contributed by atoms with Crippen molar-refractivity contribution in [3.8, 4) is 0 Å². The first-order valence-corrected chi connectivity index (χ1v) is 12.9. The molecule has 1 aromatic carbocycles. The number of fused-ring (bicyclic) bond motifs is 2. The number of anilines is 1. The fourth-order valence-electron chi connectivity index (χ4n) is 6.31. The van der Waals surface area contributed by atoms with Crippen LogP contribution >= 0.6 is 11.6 Å². The highest BCUT2D eigenvalue weighted by Crippen LogP contribution is 2.57. The van der Waals surface area contributed by atoms with Gasteiger partial charge in [-0.2, -0.15) is 0 Å². The molecule has 1 unspecified atom stereocenters. The molecule has 8 nitrogen and oxygen atoms in total. The molecule has 4 aliphatic heterocycles. The molecule has 4 heterocycles. The highest BCUT2D eigenvalue weighted by atomic mass is 35.5. The SMILES string of the molecule is CN1CC=C[C@]2(C)O[C@]34C=CCN(c5ccc(Cl)cc5)C(=O)C3N(CCCCCO)C(=O)[C@@H]4[C@@H]2C1=O. The molecular formula is C27H32ClN3O5. The Kier molecular flexibility index (Phi) is 6.47. The summed E-state index contributed by atoms with van der Waals surface area (Å²) in [6, 6.07) is 6.12. The normalized spacial score (nSPS) is 33.5. The molecular weight excluding hydrogens is 482 g/mol. The van der Waals surface area contributed by atoms with Gasteiger partial charge >= 0.3 is 0 Å². The van der Waals surface area contributed by atoms with Crippen molar-refractivity contribution < 1.29 is 24.2 Å². The summed E-state index contributed by atoms with van der Waals surface area (Å²) in [7, 11) is 1.73. The van der Waals surface area contributed by atoms with Crippen molar-refractivity contribution >= 4 is 35.0 Å². The highest BCUT2D eigenvalue weighted by Gasteiger charge is 2.74. The Bertz CT molecular complexity index is 1120. The molecule has 4 aliphatic rings. The fourth-order valence-corrected chi connectivity index (χ4v) is 6.43. The molecule has 2 fully saturated rings. The molecule has 5 rings (SSSR count). The molecule has 1 spiro atoms. The third-order valence-corrected chi connectivity index (χ3v) is 8.21. The van der Waals surface area contributed by atoms with Gasteiger partial charge in [0.1, 0.15) is 11.6 Å². The predicted molar refractivity (Wildman–Crippen MR) is 135 cm³/mol. The first-order valence-electron chi connectivity index (χ1n) is 12.5. The quantitative estimate of drug-likeness (QED) is 0.466. The average molecular weight is 514 g/mol. The number of rotatable bonds is 6. The van der Waals surface area contributed by atoms with Crippen LogP contribution in [0.25, 0.3) is 0 Å². The zero-order valence-corrected chi connectivity index (χ0v) is 21.4. The smallest absolute Gasteiger partial charge is 0.253 e. The minimum absolute atomic E-state index is 0.0761. The van der Waals surface area contributed by atoms with Crippen LogP contribution in [-0.4, -0.2) is 83.2 Å². The first-order chi connectivity index (χ1) is 17.2. The number of unbranched alkanes of at least 4 members (excludes halogenated alkanes) is 2. The van der Waals surface area contributed by atoms with Crippen molar-refractivity contribution in [1.29, 1.82) is 0 Å². The number of likely N-dealkylation sites (tertiary alicyclic amines) is 1. The summed E-state index contributed by atoms with van der Waals surface area (Å²) in [5.74, 6) is -2.18. The van der Waals surface area contributed by atoms with Crippen LogP contribution in [0, 0.1) is 11.8 Å². The zero-order valence-electron chi connectivity index (χ0n) is 20.6. The van der Waals surface area contributed by atoms with Crippen molar-refractivity contribution in [3.05, 3.63) is 53.6 Å². The van der Waals surface area contributed by atoms with E-state index in [0.717, 1.165) is 6.42 Å². The number of aliphatic hydroxyl groups is 1. The Balaban J connectivity index is 1.60. The standard InChI is InChI=1S/C27H32ClN3O5/c1-26-12-6-14-29(2)23(33)20(26)21-24(34)31(15-4-3-5-17-32)22-25(35)30(16-7-13-27(21,22)36-26)19-10-8-18(28)9-11-19/h6-13,20-22,32H,3-5,14-17H2,1-2H3/t20-,21+,22?,26+,27+/m1/s1. The van der Waals surface area contributed by atoms with Crippen LogP contribution in [0.2, 0.25) is 5.02 Å². The van der Waals surface area contributed by atoms with Crippen LogP contribution in [0.5, 0.6) is 0 Å². The van der Waals surface area contributed by atoms with Crippen LogP contribution in [0.1, 0.15) is 26.2 Å². The number of likely N-dealkylation sites (N-methyl/N-ethyl adjacent to an activating group) is 1. The summed E-state index contributed by atoms with van der Waals surface area (Å²) in [6.07, 6.45) is 9.47. The number of nitrogens with zero attached hydrogens (tertiary/aromatic N) is 3. The first kappa shape index (κ1) is 25.0. The van der Waals surface area contributed by atoms with Crippen molar-refractivity contribution in [1.82, 2.24) is 9.80 Å². The van der Waals surface area contributed by atoms with E-state index in [1.54, 1.807) is 46.0 Å². The van der Waals surface area contributed by atoms with Crippen LogP contribution in [0.15, 0.2) is 48.6 Å². The number of benzene rings is 1. The molecule has 1 aromatic rings. The van der Waals surface area contributed by atoms with E-state index in [1.165, 1.54) is 0 Å². The topological polar surface area (TPSA) is 90.4 Å². The molecule has 5 atom stereocenters. The van der Waals surface area contributed by atoms with Gasteiger partial charge in [0.15, 0.2) is 0 Å². The van der Waals surface area contributed by atoms with Crippen molar-refractivity contribution in [2.75, 3.05) is 38.2 Å². The number of carbonyl (C=O) groups excluding carboxylic acids is 3. The van der Waals surface area contributed by atoms with Gasteiger partial charge in [-0.25, -0.2) is 0 Å². The number of hydrogen-bond donors (Lipinski definition) is 1. The summed E-state index contributed by atoms with van der Waals surface area (Å²) in [5, 5.41) is 9.76. The van der Waals surface area contributed by atoms with E-state index >= 15 is 0 Å².